The number of primary amides is 1. The standard InChI is InChI=1S/C43H49ClF3N11O4.C5H10O/c1-25-17-26(19-32(37(25)44)57-12-5-36(59)51-41(57)62)40(61)55-15-8-42(9-16-55)6-13-54(14-7-42)34-4-10-53(24-43(34,46)47)23-27-18-28(45)20-31-29(27)3-11-56(31)35-21-30(49-2)39-50-22-33(38(48)60)58(39)52-35;1-6-5-3-2-4-5/h17-22,34,49H,3-16,23-24H2,1-2H3,(H2,48,60)(H,51,59,62);5H,2-4H2,1H3. The third kappa shape index (κ3) is 9.33. The molecule has 4 saturated heterocycles. The number of rotatable bonds is 9. The molecule has 0 radical (unpaired) electrons. The van der Waals surface area contributed by atoms with Crippen LogP contribution in [0.3, 0.4) is 0 Å². The molecule has 6 aliphatic rings. The zero-order valence-corrected chi connectivity index (χ0v) is 39.5. The monoisotopic (exact) mass is 961 g/mol. The van der Waals surface area contributed by atoms with Crippen LogP contribution in [0.15, 0.2) is 36.5 Å². The summed E-state index contributed by atoms with van der Waals surface area (Å²) in [6.45, 7) is 4.79. The molecule has 5 fully saturated rings. The van der Waals surface area contributed by atoms with Crippen LogP contribution in [-0.4, -0.2) is 138 Å². The molecule has 1 spiro atoms. The number of hydrogen-bond acceptors (Lipinski definition) is 11. The highest BCUT2D eigenvalue weighted by molar-refractivity contribution is 6.35. The highest BCUT2D eigenvalue weighted by Gasteiger charge is 2.50. The van der Waals surface area contributed by atoms with E-state index in [1.165, 1.54) is 47.0 Å². The minimum Gasteiger partial charge on any atom is -0.385 e. The number of nitrogens with zero attached hydrogens (tertiary/aromatic N) is 8. The van der Waals surface area contributed by atoms with Crippen LogP contribution >= 0.6 is 11.6 Å². The van der Waals surface area contributed by atoms with E-state index in [4.69, 9.17) is 22.1 Å². The van der Waals surface area contributed by atoms with Gasteiger partial charge >= 0.3 is 6.03 Å². The van der Waals surface area contributed by atoms with Gasteiger partial charge in [-0.25, -0.2) is 27.5 Å². The average Bonchev–Trinajstić information content (AvgIpc) is 3.93. The van der Waals surface area contributed by atoms with E-state index in [1.54, 1.807) is 44.2 Å². The van der Waals surface area contributed by atoms with Crippen LogP contribution in [0.2, 0.25) is 5.02 Å². The summed E-state index contributed by atoms with van der Waals surface area (Å²) in [6.07, 6.45) is 9.98. The van der Waals surface area contributed by atoms with Gasteiger partial charge in [0.05, 0.1) is 41.3 Å². The molecule has 2 aromatic carbocycles. The number of anilines is 4. The zero-order chi connectivity index (χ0) is 48.1. The Morgan fingerprint density at radius 3 is 2.29 bits per heavy atom. The number of piperidine rings is 3. The maximum Gasteiger partial charge on any atom is 0.328 e. The zero-order valence-electron chi connectivity index (χ0n) is 38.8. The van der Waals surface area contributed by atoms with Crippen LogP contribution in [0.1, 0.15) is 95.3 Å². The molecule has 5 amide bonds. The minimum atomic E-state index is -2.98. The maximum atomic E-state index is 16.2. The average molecular weight is 963 g/mol. The van der Waals surface area contributed by atoms with Crippen molar-refractivity contribution >= 4 is 63.9 Å². The molecule has 68 heavy (non-hydrogen) atoms. The first-order valence-electron chi connectivity index (χ1n) is 23.6. The molecule has 20 heteroatoms. The molecular weight excluding hydrogens is 903 g/mol. The molecule has 4 N–H and O–H groups in total. The number of aryl methyl sites for hydroxylation is 1. The fourth-order valence-corrected chi connectivity index (χ4v) is 11.1. The van der Waals surface area contributed by atoms with Gasteiger partial charge in [-0.1, -0.05) is 11.6 Å². The summed E-state index contributed by atoms with van der Waals surface area (Å²) in [5.74, 6) is -4.20. The fourth-order valence-electron chi connectivity index (χ4n) is 10.8. The number of benzene rings is 2. The van der Waals surface area contributed by atoms with Crippen molar-refractivity contribution in [1.29, 1.82) is 0 Å². The van der Waals surface area contributed by atoms with E-state index in [-0.39, 0.29) is 48.9 Å². The largest absolute Gasteiger partial charge is 0.385 e. The van der Waals surface area contributed by atoms with Crippen molar-refractivity contribution in [3.05, 3.63) is 75.3 Å². The summed E-state index contributed by atoms with van der Waals surface area (Å²) in [7, 11) is 3.50. The SMILES string of the molecule is CNc1cc(N2CCc3c(CN4CCC(N5CCC6(CCN(C(=O)c7cc(C)c(Cl)c(N8CCC(=O)NC8=O)c7)CC6)CC5)C(F)(F)C4)cc(F)cc32)nn2c(C(N)=O)cnc12.COC1CCC1. The normalized spacial score (nSPS) is 21.9. The number of fused-ring (bicyclic) bond motifs is 2. The van der Waals surface area contributed by atoms with Gasteiger partial charge in [0.15, 0.2) is 11.5 Å². The Morgan fingerprint density at radius 2 is 1.66 bits per heavy atom. The lowest BCUT2D eigenvalue weighted by Gasteiger charge is -2.51. The van der Waals surface area contributed by atoms with E-state index in [0.29, 0.717) is 102 Å². The van der Waals surface area contributed by atoms with Gasteiger partial charge in [-0.2, -0.15) is 0 Å². The summed E-state index contributed by atoms with van der Waals surface area (Å²) in [5, 5.41) is 10.4. The van der Waals surface area contributed by atoms with Crippen LogP contribution in [0.4, 0.5) is 40.8 Å². The quantitative estimate of drug-likeness (QED) is 0.167. The highest BCUT2D eigenvalue weighted by atomic mass is 35.5. The molecule has 16 nitrogen and oxygen atoms in total. The smallest absolute Gasteiger partial charge is 0.328 e. The number of nitrogens with one attached hydrogen (secondary N) is 2. The fraction of sp³-hybridized carbons (Fsp3) is 0.542. The summed E-state index contributed by atoms with van der Waals surface area (Å²) >= 11 is 6.57. The molecule has 1 unspecified atom stereocenters. The van der Waals surface area contributed by atoms with Crippen molar-refractivity contribution in [2.45, 2.75) is 95.7 Å². The van der Waals surface area contributed by atoms with Gasteiger partial charge in [0.25, 0.3) is 17.7 Å². The summed E-state index contributed by atoms with van der Waals surface area (Å²) in [6, 6.07) is 6.52. The number of nitrogens with two attached hydrogens (primary N) is 1. The molecule has 2 aromatic heterocycles. The predicted octanol–water partition coefficient (Wildman–Crippen LogP) is 6.52. The summed E-state index contributed by atoms with van der Waals surface area (Å²) in [4.78, 5) is 63.2. The summed E-state index contributed by atoms with van der Waals surface area (Å²) < 4.78 is 54.0. The number of methoxy groups -OCH3 is 1. The number of urea groups is 1. The van der Waals surface area contributed by atoms with E-state index in [0.717, 1.165) is 31.2 Å². The molecule has 1 atom stereocenters. The van der Waals surface area contributed by atoms with E-state index >= 15 is 13.2 Å². The number of imidazole rings is 1. The number of likely N-dealkylation sites (tertiary alicyclic amines) is 3. The first-order chi connectivity index (χ1) is 32.6. The molecule has 5 aliphatic heterocycles. The van der Waals surface area contributed by atoms with Gasteiger partial charge in [-0.05, 0) is 124 Å². The van der Waals surface area contributed by atoms with Gasteiger partial charge in [-0.15, -0.1) is 5.10 Å². The van der Waals surface area contributed by atoms with Crippen LogP contribution in [0.25, 0.3) is 5.65 Å². The van der Waals surface area contributed by atoms with E-state index < -0.39 is 36.3 Å². The third-order valence-electron chi connectivity index (χ3n) is 15.1. The maximum absolute atomic E-state index is 16.2. The van der Waals surface area contributed by atoms with Gasteiger partial charge in [-0.3, -0.25) is 34.4 Å². The molecule has 364 valence electrons. The number of halogens is 4. The van der Waals surface area contributed by atoms with Crippen molar-refractivity contribution in [3.8, 4) is 0 Å². The number of carbonyl (C=O) groups excluding carboxylic acids is 4. The Bertz CT molecular complexity index is 2610. The van der Waals surface area contributed by atoms with Crippen LogP contribution in [0, 0.1) is 18.2 Å². The number of carbonyl (C=O) groups is 4. The number of alkyl halides is 2. The molecule has 7 heterocycles. The predicted molar refractivity (Wildman–Crippen MR) is 252 cm³/mol. The van der Waals surface area contributed by atoms with Gasteiger partial charge in [0, 0.05) is 77.2 Å². The molecule has 0 bridgehead atoms. The van der Waals surface area contributed by atoms with E-state index in [2.05, 4.69) is 20.7 Å². The van der Waals surface area contributed by atoms with E-state index in [1.807, 2.05) is 14.7 Å². The lowest BCUT2D eigenvalue weighted by atomic mass is 9.70. The second-order valence-corrected chi connectivity index (χ2v) is 19.5. The minimum absolute atomic E-state index is 0.0345. The van der Waals surface area contributed by atoms with Crippen LogP contribution < -0.4 is 26.2 Å². The third-order valence-corrected chi connectivity index (χ3v) is 15.6. The van der Waals surface area contributed by atoms with Crippen LogP contribution in [-0.2, 0) is 22.5 Å². The number of amides is 5. The van der Waals surface area contributed by atoms with Crippen molar-refractivity contribution in [2.75, 3.05) is 81.6 Å². The molecule has 1 saturated carbocycles. The van der Waals surface area contributed by atoms with E-state index in [9.17, 15) is 19.2 Å². The first kappa shape index (κ1) is 47.6. The van der Waals surface area contributed by atoms with Crippen molar-refractivity contribution < 1.29 is 37.1 Å². The lowest BCUT2D eigenvalue weighted by Crippen LogP contribution is -2.60. The van der Waals surface area contributed by atoms with Crippen molar-refractivity contribution in [2.24, 2.45) is 11.1 Å². The first-order valence-corrected chi connectivity index (χ1v) is 24.0. The number of hydrogen-bond donors (Lipinski definition) is 3. The second kappa shape index (κ2) is 19.1. The molecular formula is C48H59ClF3N11O5. The van der Waals surface area contributed by atoms with Gasteiger partial charge < -0.3 is 25.6 Å². The Hall–Kier alpha value is -5.50. The van der Waals surface area contributed by atoms with Crippen molar-refractivity contribution in [1.82, 2.24) is 34.6 Å². The molecule has 10 rings (SSSR count). The van der Waals surface area contributed by atoms with Gasteiger partial charge in [0.2, 0.25) is 5.91 Å². The Balaban J connectivity index is 0.000000894. The molecule has 1 aliphatic carbocycles. The highest BCUT2D eigenvalue weighted by Crippen LogP contribution is 2.45. The number of aromatic nitrogens is 3. The van der Waals surface area contributed by atoms with Gasteiger partial charge in [0.1, 0.15) is 11.5 Å². The second-order valence-electron chi connectivity index (χ2n) is 19.1. The Kier molecular flexibility index (Phi) is 13.4. The Labute approximate surface area is 398 Å². The summed E-state index contributed by atoms with van der Waals surface area (Å²) in [5.41, 5.74) is 10.3. The lowest BCUT2D eigenvalue weighted by molar-refractivity contribution is -0.139. The molecule has 4 aromatic rings. The van der Waals surface area contributed by atoms with Crippen molar-refractivity contribution in [3.63, 3.8) is 0 Å². The Morgan fingerprint density at radius 1 is 0.941 bits per heavy atom. The number of imide groups is 1. The topological polar surface area (TPSA) is 174 Å². The number of ether oxygens (including phenoxy) is 1. The van der Waals surface area contributed by atoms with Crippen LogP contribution in [0.5, 0.6) is 0 Å².